The number of nitrogens with one attached hydrogen (secondary N) is 1. The third-order valence-corrected chi connectivity index (χ3v) is 4.32. The highest BCUT2D eigenvalue weighted by Gasteiger charge is 2.55. The number of aliphatic carboxylic acids is 1. The molecule has 0 radical (unpaired) electrons. The van der Waals surface area contributed by atoms with Crippen LogP contribution in [-0.4, -0.2) is 29.2 Å². The van der Waals surface area contributed by atoms with Gasteiger partial charge in [-0.1, -0.05) is 23.7 Å². The van der Waals surface area contributed by atoms with E-state index in [0.29, 0.717) is 17.1 Å². The molecule has 2 bridgehead atoms. The number of hydrogen-bond acceptors (Lipinski definition) is 3. The molecule has 5 nitrogen and oxygen atoms in total. The van der Waals surface area contributed by atoms with Crippen molar-refractivity contribution in [2.24, 2.45) is 11.8 Å². The number of ether oxygens (including phenoxy) is 1. The van der Waals surface area contributed by atoms with Crippen LogP contribution in [0.15, 0.2) is 24.3 Å². The fraction of sp³-hybridized carbons (Fsp3) is 0.429. The predicted octanol–water partition coefficient (Wildman–Crippen LogP) is 2.16. The maximum Gasteiger partial charge on any atom is 0.310 e. The lowest BCUT2D eigenvalue weighted by Gasteiger charge is -2.24. The van der Waals surface area contributed by atoms with E-state index < -0.39 is 17.8 Å². The molecule has 0 unspecified atom stereocenters. The van der Waals surface area contributed by atoms with Gasteiger partial charge in [0.25, 0.3) is 0 Å². The van der Waals surface area contributed by atoms with E-state index in [1.807, 2.05) is 0 Å². The quantitative estimate of drug-likeness (QED) is 0.896. The molecule has 1 aromatic carbocycles. The van der Waals surface area contributed by atoms with Crippen molar-refractivity contribution in [2.75, 3.05) is 5.32 Å². The minimum absolute atomic E-state index is 0.302. The van der Waals surface area contributed by atoms with Crippen molar-refractivity contribution in [3.8, 4) is 0 Å². The number of carboxylic acids is 1. The van der Waals surface area contributed by atoms with Crippen LogP contribution < -0.4 is 5.32 Å². The highest BCUT2D eigenvalue weighted by molar-refractivity contribution is 6.33. The van der Waals surface area contributed by atoms with Crippen molar-refractivity contribution in [1.82, 2.24) is 0 Å². The first kappa shape index (κ1) is 13.4. The van der Waals surface area contributed by atoms with Gasteiger partial charge in [0, 0.05) is 0 Å². The number of halogens is 1. The van der Waals surface area contributed by atoms with E-state index in [0.717, 1.165) is 6.42 Å². The molecule has 3 rings (SSSR count). The number of para-hydroxylation sites is 1. The number of hydrogen-bond donors (Lipinski definition) is 2. The van der Waals surface area contributed by atoms with E-state index in [2.05, 4.69) is 5.32 Å². The summed E-state index contributed by atoms with van der Waals surface area (Å²) in [7, 11) is 0. The van der Waals surface area contributed by atoms with Crippen LogP contribution in [0.3, 0.4) is 0 Å². The van der Waals surface area contributed by atoms with Crippen molar-refractivity contribution < 1.29 is 19.4 Å². The van der Waals surface area contributed by atoms with Crippen LogP contribution in [0.1, 0.15) is 12.8 Å². The number of carbonyl (C=O) groups is 2. The van der Waals surface area contributed by atoms with E-state index >= 15 is 0 Å². The maximum absolute atomic E-state index is 12.4. The number of rotatable bonds is 3. The van der Waals surface area contributed by atoms with Gasteiger partial charge in [0.2, 0.25) is 5.91 Å². The lowest BCUT2D eigenvalue weighted by atomic mass is 9.78. The number of amides is 1. The number of fused-ring (bicyclic) bond motifs is 2. The van der Waals surface area contributed by atoms with Gasteiger partial charge in [0.05, 0.1) is 34.8 Å². The minimum Gasteiger partial charge on any atom is -0.481 e. The second kappa shape index (κ2) is 5.07. The first-order valence-electron chi connectivity index (χ1n) is 6.51. The van der Waals surface area contributed by atoms with Crippen LogP contribution in [0.4, 0.5) is 5.69 Å². The summed E-state index contributed by atoms with van der Waals surface area (Å²) >= 11 is 5.99. The van der Waals surface area contributed by atoms with Crippen LogP contribution in [0.2, 0.25) is 5.02 Å². The second-order valence-corrected chi connectivity index (χ2v) is 5.56. The zero-order valence-corrected chi connectivity index (χ0v) is 11.3. The third kappa shape index (κ3) is 2.17. The molecule has 2 N–H and O–H groups in total. The molecule has 106 valence electrons. The third-order valence-electron chi connectivity index (χ3n) is 3.99. The Balaban J connectivity index is 1.80. The summed E-state index contributed by atoms with van der Waals surface area (Å²) in [6.45, 7) is 0. The Kier molecular flexibility index (Phi) is 3.40. The lowest BCUT2D eigenvalue weighted by molar-refractivity contribution is -0.147. The van der Waals surface area contributed by atoms with Crippen molar-refractivity contribution in [3.63, 3.8) is 0 Å². The number of benzene rings is 1. The van der Waals surface area contributed by atoms with Gasteiger partial charge < -0.3 is 15.2 Å². The molecule has 20 heavy (non-hydrogen) atoms. The number of carbonyl (C=O) groups excluding carboxylic acids is 1. The normalized spacial score (nSPS) is 31.2. The topological polar surface area (TPSA) is 75.6 Å². The van der Waals surface area contributed by atoms with E-state index in [1.165, 1.54) is 0 Å². The molecular weight excluding hydrogens is 282 g/mol. The second-order valence-electron chi connectivity index (χ2n) is 5.15. The SMILES string of the molecule is O=C(O)[C@@H]1[C@@H](C(=O)Nc2ccccc2Cl)[C@H]2CC[C@@H]1O2. The molecule has 0 aliphatic carbocycles. The van der Waals surface area contributed by atoms with Crippen molar-refractivity contribution >= 4 is 29.2 Å². The lowest BCUT2D eigenvalue weighted by Crippen LogP contribution is -2.40. The summed E-state index contributed by atoms with van der Waals surface area (Å²) in [5.74, 6) is -2.73. The molecule has 4 atom stereocenters. The molecule has 2 aliphatic rings. The van der Waals surface area contributed by atoms with Crippen LogP contribution in [0, 0.1) is 11.8 Å². The number of anilines is 1. The standard InChI is InChI=1S/C14H14ClNO4/c15-7-3-1-2-4-8(7)16-13(17)11-9-5-6-10(20-9)12(11)14(18)19/h1-4,9-12H,5-6H2,(H,16,17)(H,18,19)/t9-,10+,11+,12+/m1/s1. The fourth-order valence-electron chi connectivity index (χ4n) is 3.10. The van der Waals surface area contributed by atoms with E-state index in [4.69, 9.17) is 16.3 Å². The molecule has 0 spiro atoms. The Morgan fingerprint density at radius 3 is 2.50 bits per heavy atom. The van der Waals surface area contributed by atoms with Crippen molar-refractivity contribution in [3.05, 3.63) is 29.3 Å². The van der Waals surface area contributed by atoms with Gasteiger partial charge in [0.1, 0.15) is 0 Å². The van der Waals surface area contributed by atoms with Crippen molar-refractivity contribution in [2.45, 2.75) is 25.0 Å². The molecule has 1 aromatic rings. The van der Waals surface area contributed by atoms with Crippen LogP contribution in [-0.2, 0) is 14.3 Å². The largest absolute Gasteiger partial charge is 0.481 e. The summed E-state index contributed by atoms with van der Waals surface area (Å²) < 4.78 is 5.57. The van der Waals surface area contributed by atoms with Crippen LogP contribution >= 0.6 is 11.6 Å². The van der Waals surface area contributed by atoms with Crippen molar-refractivity contribution in [1.29, 1.82) is 0 Å². The monoisotopic (exact) mass is 295 g/mol. The smallest absolute Gasteiger partial charge is 0.310 e. The Morgan fingerprint density at radius 2 is 1.85 bits per heavy atom. The zero-order chi connectivity index (χ0) is 14.3. The fourth-order valence-corrected chi connectivity index (χ4v) is 3.29. The molecule has 2 saturated heterocycles. The molecule has 0 saturated carbocycles. The molecule has 0 aromatic heterocycles. The molecule has 6 heteroatoms. The Morgan fingerprint density at radius 1 is 1.20 bits per heavy atom. The average Bonchev–Trinajstić information content (AvgIpc) is 3.01. The van der Waals surface area contributed by atoms with Gasteiger partial charge in [-0.25, -0.2) is 0 Å². The van der Waals surface area contributed by atoms with Gasteiger partial charge in [0.15, 0.2) is 0 Å². The summed E-state index contributed by atoms with van der Waals surface area (Å²) in [5.41, 5.74) is 0.492. The molecular formula is C14H14ClNO4. The Labute approximate surface area is 120 Å². The van der Waals surface area contributed by atoms with E-state index in [-0.39, 0.29) is 18.1 Å². The molecule has 1 amide bonds. The Hall–Kier alpha value is -1.59. The van der Waals surface area contributed by atoms with Gasteiger partial charge >= 0.3 is 5.97 Å². The van der Waals surface area contributed by atoms with Gasteiger partial charge in [-0.15, -0.1) is 0 Å². The van der Waals surface area contributed by atoms with Gasteiger partial charge in [-0.2, -0.15) is 0 Å². The summed E-state index contributed by atoms with van der Waals surface area (Å²) in [6, 6.07) is 6.87. The number of carboxylic acid groups (broad SMARTS) is 1. The maximum atomic E-state index is 12.4. The highest BCUT2D eigenvalue weighted by atomic mass is 35.5. The molecule has 2 aliphatic heterocycles. The summed E-state index contributed by atoms with van der Waals surface area (Å²) in [4.78, 5) is 23.7. The zero-order valence-electron chi connectivity index (χ0n) is 10.6. The van der Waals surface area contributed by atoms with Gasteiger partial charge in [-0.05, 0) is 25.0 Å². The van der Waals surface area contributed by atoms with Gasteiger partial charge in [-0.3, -0.25) is 9.59 Å². The van der Waals surface area contributed by atoms with Crippen LogP contribution in [0.25, 0.3) is 0 Å². The first-order valence-corrected chi connectivity index (χ1v) is 6.89. The minimum atomic E-state index is -0.975. The Bertz CT molecular complexity index is 562. The van der Waals surface area contributed by atoms with Crippen LogP contribution in [0.5, 0.6) is 0 Å². The molecule has 2 heterocycles. The molecule has 2 fully saturated rings. The van der Waals surface area contributed by atoms with E-state index in [9.17, 15) is 14.7 Å². The summed E-state index contributed by atoms with van der Waals surface area (Å²) in [6.07, 6.45) is 0.787. The highest BCUT2D eigenvalue weighted by Crippen LogP contribution is 2.44. The average molecular weight is 296 g/mol. The van der Waals surface area contributed by atoms with E-state index in [1.54, 1.807) is 24.3 Å². The first-order chi connectivity index (χ1) is 9.58. The predicted molar refractivity (Wildman–Crippen MR) is 72.6 cm³/mol. The summed E-state index contributed by atoms with van der Waals surface area (Å²) in [5, 5.41) is 12.4.